The van der Waals surface area contributed by atoms with Crippen molar-refractivity contribution < 1.29 is 4.74 Å². The Bertz CT molecular complexity index is 499. The Labute approximate surface area is 170 Å². The Hall–Kier alpha value is -0.860. The van der Waals surface area contributed by atoms with Gasteiger partial charge in [-0.1, -0.05) is 38.1 Å². The minimum Gasteiger partial charge on any atom is -0.377 e. The normalized spacial score (nSPS) is 12.0. The predicted molar refractivity (Wildman–Crippen MR) is 118 cm³/mol. The number of halogens is 1. The van der Waals surface area contributed by atoms with Gasteiger partial charge in [-0.2, -0.15) is 0 Å². The molecule has 0 spiro atoms. The number of hydrogen-bond donors (Lipinski definition) is 2. The second-order valence-electron chi connectivity index (χ2n) is 6.52. The van der Waals surface area contributed by atoms with Crippen molar-refractivity contribution in [2.75, 3.05) is 33.8 Å². The molecule has 0 saturated carbocycles. The van der Waals surface area contributed by atoms with Gasteiger partial charge in [-0.25, -0.2) is 0 Å². The van der Waals surface area contributed by atoms with Crippen molar-refractivity contribution in [2.24, 2.45) is 4.99 Å². The van der Waals surface area contributed by atoms with Gasteiger partial charge in [-0.05, 0) is 38.1 Å². The number of nitrogens with one attached hydrogen (secondary N) is 2. The van der Waals surface area contributed by atoms with Gasteiger partial charge in [-0.15, -0.1) is 24.0 Å². The first kappa shape index (κ1) is 24.1. The summed E-state index contributed by atoms with van der Waals surface area (Å²) in [6, 6.07) is 8.77. The molecule has 1 aromatic rings. The summed E-state index contributed by atoms with van der Waals surface area (Å²) in [5.41, 5.74) is 2.38. The van der Waals surface area contributed by atoms with Crippen molar-refractivity contribution in [3.05, 3.63) is 35.4 Å². The minimum atomic E-state index is -0.219. The smallest absolute Gasteiger partial charge is 0.191 e. The number of aliphatic imine (C=N–C) groups is 1. The van der Waals surface area contributed by atoms with Crippen LogP contribution in [-0.4, -0.2) is 50.3 Å². The molecule has 0 unspecified atom stereocenters. The lowest BCUT2D eigenvalue weighted by Gasteiger charge is -2.24. The molecule has 0 saturated heterocycles. The zero-order valence-electron chi connectivity index (χ0n) is 16.6. The van der Waals surface area contributed by atoms with Crippen LogP contribution in [0.15, 0.2) is 29.3 Å². The number of hydrogen-bond acceptors (Lipinski definition) is 3. The number of ether oxygens (including phenoxy) is 1. The molecule has 6 heteroatoms. The highest BCUT2D eigenvalue weighted by Crippen LogP contribution is 2.08. The summed E-state index contributed by atoms with van der Waals surface area (Å²) in [7, 11) is 3.50. The number of rotatable bonds is 9. The zero-order valence-corrected chi connectivity index (χ0v) is 18.9. The molecule has 144 valence electrons. The Balaban J connectivity index is 0.00000576. The summed E-state index contributed by atoms with van der Waals surface area (Å²) in [6.07, 6.45) is 0. The van der Waals surface area contributed by atoms with E-state index in [1.807, 2.05) is 13.8 Å². The van der Waals surface area contributed by atoms with E-state index in [0.29, 0.717) is 6.54 Å². The van der Waals surface area contributed by atoms with Crippen molar-refractivity contribution in [1.82, 2.24) is 15.5 Å². The SMILES string of the molecule is CCN(CC)Cc1ccc(CNC(=NC)NCC(C)(C)OC)cc1.I. The molecular weight excluding hydrogens is 427 g/mol. The fourth-order valence-corrected chi connectivity index (χ4v) is 2.24. The maximum Gasteiger partial charge on any atom is 0.191 e. The van der Waals surface area contributed by atoms with E-state index in [9.17, 15) is 0 Å². The van der Waals surface area contributed by atoms with Crippen LogP contribution >= 0.6 is 24.0 Å². The van der Waals surface area contributed by atoms with Crippen molar-refractivity contribution in [3.63, 3.8) is 0 Å². The maximum absolute atomic E-state index is 5.41. The van der Waals surface area contributed by atoms with Gasteiger partial charge in [0.25, 0.3) is 0 Å². The third-order valence-electron chi connectivity index (χ3n) is 4.24. The highest BCUT2D eigenvalue weighted by Gasteiger charge is 2.16. The average molecular weight is 462 g/mol. The van der Waals surface area contributed by atoms with Gasteiger partial charge in [0, 0.05) is 33.8 Å². The highest BCUT2D eigenvalue weighted by molar-refractivity contribution is 14.0. The molecule has 0 bridgehead atoms. The summed E-state index contributed by atoms with van der Waals surface area (Å²) in [4.78, 5) is 6.67. The average Bonchev–Trinajstić information content (AvgIpc) is 2.60. The topological polar surface area (TPSA) is 48.9 Å². The van der Waals surface area contributed by atoms with Gasteiger partial charge in [0.2, 0.25) is 0 Å². The van der Waals surface area contributed by atoms with Crippen LogP contribution in [0.3, 0.4) is 0 Å². The second-order valence-corrected chi connectivity index (χ2v) is 6.52. The molecule has 0 atom stereocenters. The van der Waals surface area contributed by atoms with Crippen molar-refractivity contribution >= 4 is 29.9 Å². The first-order valence-electron chi connectivity index (χ1n) is 8.74. The monoisotopic (exact) mass is 462 g/mol. The highest BCUT2D eigenvalue weighted by atomic mass is 127. The molecule has 0 aromatic heterocycles. The Morgan fingerprint density at radius 3 is 2.12 bits per heavy atom. The van der Waals surface area contributed by atoms with Crippen molar-refractivity contribution in [3.8, 4) is 0 Å². The van der Waals surface area contributed by atoms with E-state index in [-0.39, 0.29) is 29.6 Å². The predicted octanol–water partition coefficient (Wildman–Crippen LogP) is 3.24. The van der Waals surface area contributed by atoms with Gasteiger partial charge < -0.3 is 15.4 Å². The zero-order chi connectivity index (χ0) is 18.0. The first-order chi connectivity index (χ1) is 11.4. The largest absolute Gasteiger partial charge is 0.377 e. The van der Waals surface area contributed by atoms with E-state index >= 15 is 0 Å². The van der Waals surface area contributed by atoms with Crippen LogP contribution in [0.1, 0.15) is 38.8 Å². The van der Waals surface area contributed by atoms with E-state index in [1.165, 1.54) is 11.1 Å². The molecule has 0 aliphatic carbocycles. The third-order valence-corrected chi connectivity index (χ3v) is 4.24. The molecule has 0 radical (unpaired) electrons. The third kappa shape index (κ3) is 9.42. The summed E-state index contributed by atoms with van der Waals surface area (Å²) < 4.78 is 5.41. The van der Waals surface area contributed by atoms with Crippen LogP contribution in [0.25, 0.3) is 0 Å². The first-order valence-corrected chi connectivity index (χ1v) is 8.74. The summed E-state index contributed by atoms with van der Waals surface area (Å²) in [6.45, 7) is 13.1. The van der Waals surface area contributed by atoms with Crippen molar-refractivity contribution in [2.45, 2.75) is 46.4 Å². The Kier molecular flexibility index (Phi) is 12.1. The van der Waals surface area contributed by atoms with E-state index in [4.69, 9.17) is 4.74 Å². The maximum atomic E-state index is 5.41. The minimum absolute atomic E-state index is 0. The van der Waals surface area contributed by atoms with Crippen LogP contribution < -0.4 is 10.6 Å². The number of guanidine groups is 1. The molecule has 0 fully saturated rings. The fraction of sp³-hybridized carbons (Fsp3) is 0.632. The Morgan fingerprint density at radius 1 is 1.08 bits per heavy atom. The van der Waals surface area contributed by atoms with Gasteiger partial charge in [-0.3, -0.25) is 9.89 Å². The molecule has 0 amide bonds. The molecule has 5 nitrogen and oxygen atoms in total. The van der Waals surface area contributed by atoms with E-state index < -0.39 is 0 Å². The molecule has 25 heavy (non-hydrogen) atoms. The van der Waals surface area contributed by atoms with Crippen LogP contribution in [0.4, 0.5) is 0 Å². The summed E-state index contributed by atoms with van der Waals surface area (Å²) >= 11 is 0. The van der Waals surface area contributed by atoms with E-state index in [0.717, 1.165) is 32.1 Å². The second kappa shape index (κ2) is 12.5. The van der Waals surface area contributed by atoms with Crippen molar-refractivity contribution in [1.29, 1.82) is 0 Å². The van der Waals surface area contributed by atoms with Crippen LogP contribution in [-0.2, 0) is 17.8 Å². The number of methoxy groups -OCH3 is 1. The molecule has 1 rings (SSSR count). The van der Waals surface area contributed by atoms with Crippen LogP contribution in [0.2, 0.25) is 0 Å². The van der Waals surface area contributed by atoms with E-state index in [1.54, 1.807) is 14.2 Å². The summed E-state index contributed by atoms with van der Waals surface area (Å²) in [5.74, 6) is 0.785. The molecule has 0 heterocycles. The van der Waals surface area contributed by atoms with Gasteiger partial charge in [0.1, 0.15) is 0 Å². The summed E-state index contributed by atoms with van der Waals surface area (Å²) in [5, 5.41) is 6.63. The quantitative estimate of drug-likeness (QED) is 0.336. The molecule has 0 aliphatic heterocycles. The Morgan fingerprint density at radius 2 is 1.64 bits per heavy atom. The molecule has 2 N–H and O–H groups in total. The number of benzene rings is 1. The lowest BCUT2D eigenvalue weighted by Crippen LogP contribution is -2.45. The molecule has 0 aliphatic rings. The van der Waals surface area contributed by atoms with Gasteiger partial charge >= 0.3 is 0 Å². The van der Waals surface area contributed by atoms with Gasteiger partial charge in [0.15, 0.2) is 5.96 Å². The standard InChI is InChI=1S/C19H34N4O.HI/c1-7-23(8-2)14-17-11-9-16(10-12-17)13-21-18(20-5)22-15-19(3,4)24-6;/h9-12H,7-8,13-15H2,1-6H3,(H2,20,21,22);1H. The van der Waals surface area contributed by atoms with Crippen LogP contribution in [0, 0.1) is 0 Å². The van der Waals surface area contributed by atoms with Gasteiger partial charge in [0.05, 0.1) is 5.60 Å². The number of nitrogens with zero attached hydrogens (tertiary/aromatic N) is 2. The molecular formula is C19H35IN4O. The molecule has 1 aromatic carbocycles. The van der Waals surface area contributed by atoms with E-state index in [2.05, 4.69) is 58.6 Å². The fourth-order valence-electron chi connectivity index (χ4n) is 2.24. The lowest BCUT2D eigenvalue weighted by atomic mass is 10.1. The van der Waals surface area contributed by atoms with Crippen LogP contribution in [0.5, 0.6) is 0 Å². The lowest BCUT2D eigenvalue weighted by molar-refractivity contribution is 0.0268.